The number of rotatable bonds is 2. The minimum atomic E-state index is 0.575. The van der Waals surface area contributed by atoms with Crippen LogP contribution in [0.25, 0.3) is 11.0 Å². The summed E-state index contributed by atoms with van der Waals surface area (Å²) >= 11 is 0. The van der Waals surface area contributed by atoms with Gasteiger partial charge in [-0.2, -0.15) is 0 Å². The third-order valence-electron chi connectivity index (χ3n) is 3.37. The van der Waals surface area contributed by atoms with Crippen LogP contribution >= 0.6 is 0 Å². The molecular formula is C15H14N4O2. The Morgan fingerprint density at radius 2 is 1.95 bits per heavy atom. The first kappa shape index (κ1) is 12.0. The molecule has 4 rings (SSSR count). The standard InChI is InChI=1S/C15H14N4O2/c1-9-6-11-14(18-9)16-8-17-15(11)19-10-2-3-12-13(7-10)21-5-4-20-12/h2-3,6-8H,4-5H2,1H3,(H2,16,17,18,19). The SMILES string of the molecule is Cc1cc2c(Nc3ccc4c(c3)OCCO4)ncnc2[nH]1. The minimum Gasteiger partial charge on any atom is -0.486 e. The van der Waals surface area contributed by atoms with E-state index in [0.29, 0.717) is 13.2 Å². The molecule has 0 radical (unpaired) electrons. The molecule has 0 saturated heterocycles. The molecule has 0 bridgehead atoms. The molecule has 0 saturated carbocycles. The predicted molar refractivity (Wildman–Crippen MR) is 79.3 cm³/mol. The molecule has 2 aromatic heterocycles. The maximum absolute atomic E-state index is 5.59. The topological polar surface area (TPSA) is 72.1 Å². The largest absolute Gasteiger partial charge is 0.486 e. The van der Waals surface area contributed by atoms with Crippen LogP contribution in [-0.4, -0.2) is 28.2 Å². The van der Waals surface area contributed by atoms with Crippen LogP contribution in [0.4, 0.5) is 11.5 Å². The first-order chi connectivity index (χ1) is 10.3. The van der Waals surface area contributed by atoms with E-state index in [1.807, 2.05) is 31.2 Å². The summed E-state index contributed by atoms with van der Waals surface area (Å²) in [4.78, 5) is 11.7. The first-order valence-electron chi connectivity index (χ1n) is 6.76. The average Bonchev–Trinajstić information content (AvgIpc) is 2.89. The molecule has 1 aliphatic rings. The second-order valence-electron chi connectivity index (χ2n) is 4.92. The molecule has 0 fully saturated rings. The van der Waals surface area contributed by atoms with Crippen molar-refractivity contribution in [2.24, 2.45) is 0 Å². The molecule has 1 aliphatic heterocycles. The van der Waals surface area contributed by atoms with Gasteiger partial charge in [-0.3, -0.25) is 0 Å². The fourth-order valence-corrected chi connectivity index (χ4v) is 2.43. The van der Waals surface area contributed by atoms with Gasteiger partial charge < -0.3 is 19.8 Å². The number of nitrogens with zero attached hydrogens (tertiary/aromatic N) is 2. The van der Waals surface area contributed by atoms with Gasteiger partial charge in [0.25, 0.3) is 0 Å². The van der Waals surface area contributed by atoms with Gasteiger partial charge in [0.1, 0.15) is 31.0 Å². The number of aromatic nitrogens is 3. The van der Waals surface area contributed by atoms with Gasteiger partial charge in [0, 0.05) is 17.4 Å². The number of benzene rings is 1. The van der Waals surface area contributed by atoms with E-state index in [1.165, 1.54) is 0 Å². The number of hydrogen-bond acceptors (Lipinski definition) is 5. The summed E-state index contributed by atoms with van der Waals surface area (Å²) in [7, 11) is 0. The van der Waals surface area contributed by atoms with E-state index in [1.54, 1.807) is 6.33 Å². The highest BCUT2D eigenvalue weighted by atomic mass is 16.6. The normalized spacial score (nSPS) is 13.4. The molecule has 3 aromatic rings. The van der Waals surface area contributed by atoms with Crippen molar-refractivity contribution in [3.63, 3.8) is 0 Å². The van der Waals surface area contributed by atoms with E-state index >= 15 is 0 Å². The molecule has 21 heavy (non-hydrogen) atoms. The second kappa shape index (κ2) is 4.66. The number of nitrogens with one attached hydrogen (secondary N) is 2. The van der Waals surface area contributed by atoms with Crippen molar-refractivity contribution in [3.8, 4) is 11.5 Å². The Bertz CT molecular complexity index is 813. The molecular weight excluding hydrogens is 268 g/mol. The Morgan fingerprint density at radius 1 is 1.10 bits per heavy atom. The summed E-state index contributed by atoms with van der Waals surface area (Å²) in [5.41, 5.74) is 2.77. The average molecular weight is 282 g/mol. The lowest BCUT2D eigenvalue weighted by Gasteiger charge is -2.19. The lowest BCUT2D eigenvalue weighted by molar-refractivity contribution is 0.171. The van der Waals surface area contributed by atoms with Gasteiger partial charge in [-0.15, -0.1) is 0 Å². The van der Waals surface area contributed by atoms with Crippen molar-refractivity contribution in [1.82, 2.24) is 15.0 Å². The van der Waals surface area contributed by atoms with E-state index < -0.39 is 0 Å². The Morgan fingerprint density at radius 3 is 2.86 bits per heavy atom. The number of aromatic amines is 1. The van der Waals surface area contributed by atoms with Crippen LogP contribution < -0.4 is 14.8 Å². The van der Waals surface area contributed by atoms with Crippen molar-refractivity contribution >= 4 is 22.5 Å². The van der Waals surface area contributed by atoms with Gasteiger partial charge in [0.2, 0.25) is 0 Å². The second-order valence-corrected chi connectivity index (χ2v) is 4.92. The lowest BCUT2D eigenvalue weighted by Crippen LogP contribution is -2.15. The highest BCUT2D eigenvalue weighted by Crippen LogP contribution is 2.34. The fourth-order valence-electron chi connectivity index (χ4n) is 2.43. The first-order valence-corrected chi connectivity index (χ1v) is 6.76. The lowest BCUT2D eigenvalue weighted by atomic mass is 10.2. The van der Waals surface area contributed by atoms with E-state index in [4.69, 9.17) is 9.47 Å². The molecule has 0 atom stereocenters. The number of anilines is 2. The summed E-state index contributed by atoms with van der Waals surface area (Å²) in [6.07, 6.45) is 1.54. The van der Waals surface area contributed by atoms with Crippen LogP contribution in [0.1, 0.15) is 5.69 Å². The van der Waals surface area contributed by atoms with Crippen molar-refractivity contribution in [2.45, 2.75) is 6.92 Å². The molecule has 6 heteroatoms. The van der Waals surface area contributed by atoms with E-state index in [0.717, 1.165) is 39.7 Å². The van der Waals surface area contributed by atoms with Crippen molar-refractivity contribution in [2.75, 3.05) is 18.5 Å². The zero-order valence-electron chi connectivity index (χ0n) is 11.5. The van der Waals surface area contributed by atoms with Crippen LogP contribution in [0.5, 0.6) is 11.5 Å². The smallest absolute Gasteiger partial charge is 0.163 e. The van der Waals surface area contributed by atoms with E-state index in [2.05, 4.69) is 20.3 Å². The van der Waals surface area contributed by atoms with Gasteiger partial charge in [0.05, 0.1) is 5.39 Å². The maximum atomic E-state index is 5.59. The van der Waals surface area contributed by atoms with Gasteiger partial charge in [-0.25, -0.2) is 9.97 Å². The summed E-state index contributed by atoms with van der Waals surface area (Å²) in [5, 5.41) is 4.27. The molecule has 6 nitrogen and oxygen atoms in total. The van der Waals surface area contributed by atoms with Crippen LogP contribution in [0.2, 0.25) is 0 Å². The Balaban J connectivity index is 1.71. The van der Waals surface area contributed by atoms with Gasteiger partial charge in [0.15, 0.2) is 11.5 Å². The minimum absolute atomic E-state index is 0.575. The van der Waals surface area contributed by atoms with Crippen molar-refractivity contribution in [1.29, 1.82) is 0 Å². The van der Waals surface area contributed by atoms with Crippen LogP contribution in [0, 0.1) is 6.92 Å². The zero-order chi connectivity index (χ0) is 14.2. The Hall–Kier alpha value is -2.76. The number of aryl methyl sites for hydroxylation is 1. The summed E-state index contributed by atoms with van der Waals surface area (Å²) < 4.78 is 11.1. The molecule has 3 heterocycles. The van der Waals surface area contributed by atoms with Crippen molar-refractivity contribution < 1.29 is 9.47 Å². The quantitative estimate of drug-likeness (QED) is 0.756. The number of ether oxygens (including phenoxy) is 2. The Kier molecular flexibility index (Phi) is 2.67. The van der Waals surface area contributed by atoms with Crippen LogP contribution in [0.3, 0.4) is 0 Å². The maximum Gasteiger partial charge on any atom is 0.163 e. The van der Waals surface area contributed by atoms with Gasteiger partial charge in [-0.1, -0.05) is 0 Å². The number of hydrogen-bond donors (Lipinski definition) is 2. The highest BCUT2D eigenvalue weighted by Gasteiger charge is 2.13. The zero-order valence-corrected chi connectivity index (χ0v) is 11.5. The number of fused-ring (bicyclic) bond motifs is 2. The van der Waals surface area contributed by atoms with E-state index in [9.17, 15) is 0 Å². The molecule has 2 N–H and O–H groups in total. The Labute approximate surface area is 121 Å². The predicted octanol–water partition coefficient (Wildman–Crippen LogP) is 2.78. The third kappa shape index (κ3) is 2.14. The monoisotopic (exact) mass is 282 g/mol. The molecule has 106 valence electrons. The van der Waals surface area contributed by atoms with Crippen LogP contribution in [-0.2, 0) is 0 Å². The van der Waals surface area contributed by atoms with Gasteiger partial charge >= 0.3 is 0 Å². The molecule has 0 spiro atoms. The highest BCUT2D eigenvalue weighted by molar-refractivity contribution is 5.89. The fraction of sp³-hybridized carbons (Fsp3) is 0.200. The molecule has 0 unspecified atom stereocenters. The summed E-state index contributed by atoms with van der Waals surface area (Å²) in [5.74, 6) is 2.29. The van der Waals surface area contributed by atoms with Crippen LogP contribution in [0.15, 0.2) is 30.6 Å². The van der Waals surface area contributed by atoms with Crippen molar-refractivity contribution in [3.05, 3.63) is 36.3 Å². The number of H-pyrrole nitrogens is 1. The summed E-state index contributed by atoms with van der Waals surface area (Å²) in [6, 6.07) is 7.79. The molecule has 1 aromatic carbocycles. The third-order valence-corrected chi connectivity index (χ3v) is 3.37. The van der Waals surface area contributed by atoms with Gasteiger partial charge in [-0.05, 0) is 25.1 Å². The van der Waals surface area contributed by atoms with E-state index in [-0.39, 0.29) is 0 Å². The molecule has 0 aliphatic carbocycles. The molecule has 0 amide bonds. The summed E-state index contributed by atoms with van der Waals surface area (Å²) in [6.45, 7) is 3.16.